The fourth-order valence-corrected chi connectivity index (χ4v) is 7.70. The number of aromatic nitrogens is 3. The van der Waals surface area contributed by atoms with E-state index in [1.807, 2.05) is 6.92 Å². The van der Waals surface area contributed by atoms with E-state index in [9.17, 15) is 13.9 Å². The van der Waals surface area contributed by atoms with E-state index in [0.717, 1.165) is 19.4 Å². The fourth-order valence-electron chi connectivity index (χ4n) is 7.70. The molecule has 2 N–H and O–H groups in total. The molecule has 3 saturated heterocycles. The first-order chi connectivity index (χ1) is 21.8. The molecule has 12 heteroatoms. The summed E-state index contributed by atoms with van der Waals surface area (Å²) in [6, 6.07) is 5.22. The predicted octanol–water partition coefficient (Wildman–Crippen LogP) is 4.32. The van der Waals surface area contributed by atoms with Crippen LogP contribution in [0.3, 0.4) is 0 Å². The number of alkyl halides is 1. The third-order valence-electron chi connectivity index (χ3n) is 9.79. The molecule has 232 valence electrons. The molecule has 0 saturated carbocycles. The highest BCUT2D eigenvalue weighted by atomic mass is 19.1. The van der Waals surface area contributed by atoms with E-state index < -0.39 is 23.3 Å². The summed E-state index contributed by atoms with van der Waals surface area (Å²) in [7, 11) is 0. The number of rotatable bonds is 4. The van der Waals surface area contributed by atoms with E-state index in [1.165, 1.54) is 24.3 Å². The van der Waals surface area contributed by atoms with Gasteiger partial charge < -0.3 is 24.8 Å². The van der Waals surface area contributed by atoms with Gasteiger partial charge in [0.15, 0.2) is 5.82 Å². The molecular formula is C33H31F3N6O3. The standard InChI is InChI=1S/C33H31F3N6O3/c1-3-21-23(35)6-5-18-11-20(43)12-22(25(18)21)28-27(36)29-26-30(42-10-8-37-14-24(42)17(2)45-31(26)38-28)40-32(39-29)44-16-33-7-4-9-41(33)15-19(34)13-33/h1,5-6,11-12,17,19,24,37,43H,4,7-10,13-16H2,2H3/t17-,19+,24-,33-/m0/s1. The first kappa shape index (κ1) is 28.2. The third kappa shape index (κ3) is 4.35. The number of pyridine rings is 1. The van der Waals surface area contributed by atoms with Crippen LogP contribution in [-0.4, -0.2) is 88.1 Å². The van der Waals surface area contributed by atoms with Gasteiger partial charge in [0, 0.05) is 43.5 Å². The number of piperazine rings is 1. The van der Waals surface area contributed by atoms with Gasteiger partial charge in [0.2, 0.25) is 5.88 Å². The topological polar surface area (TPSA) is 95.9 Å². The smallest absolute Gasteiger partial charge is 0.319 e. The molecule has 8 rings (SSSR count). The average Bonchev–Trinajstić information content (AvgIpc) is 3.52. The van der Waals surface area contributed by atoms with Crippen LogP contribution in [0.4, 0.5) is 19.0 Å². The molecule has 0 aliphatic carbocycles. The number of hydrogen-bond donors (Lipinski definition) is 2. The second kappa shape index (κ2) is 10.4. The van der Waals surface area contributed by atoms with Gasteiger partial charge in [-0.25, -0.2) is 18.2 Å². The van der Waals surface area contributed by atoms with Crippen LogP contribution in [0.5, 0.6) is 17.6 Å². The zero-order valence-corrected chi connectivity index (χ0v) is 24.6. The lowest BCUT2D eigenvalue weighted by molar-refractivity contribution is 0.107. The number of nitrogens with zero attached hydrogens (tertiary/aromatic N) is 5. The van der Waals surface area contributed by atoms with Crippen molar-refractivity contribution in [1.29, 1.82) is 0 Å². The summed E-state index contributed by atoms with van der Waals surface area (Å²) in [6.07, 6.45) is 6.50. The van der Waals surface area contributed by atoms with E-state index in [0.29, 0.717) is 43.8 Å². The van der Waals surface area contributed by atoms with E-state index in [2.05, 4.69) is 31.0 Å². The van der Waals surface area contributed by atoms with Crippen molar-refractivity contribution in [2.75, 3.05) is 44.2 Å². The van der Waals surface area contributed by atoms with Crippen molar-refractivity contribution in [3.8, 4) is 41.2 Å². The minimum absolute atomic E-state index is 0.0361. The normalized spacial score (nSPS) is 25.9. The first-order valence-electron chi connectivity index (χ1n) is 15.3. The fraction of sp³-hybridized carbons (Fsp3) is 0.424. The van der Waals surface area contributed by atoms with Gasteiger partial charge in [-0.15, -0.1) is 6.42 Å². The summed E-state index contributed by atoms with van der Waals surface area (Å²) in [5, 5.41) is 14.9. The summed E-state index contributed by atoms with van der Waals surface area (Å²) < 4.78 is 58.9. The van der Waals surface area contributed by atoms with E-state index in [4.69, 9.17) is 20.9 Å². The predicted molar refractivity (Wildman–Crippen MR) is 162 cm³/mol. The van der Waals surface area contributed by atoms with Crippen LogP contribution in [0.1, 0.15) is 31.7 Å². The van der Waals surface area contributed by atoms with Crippen LogP contribution in [0.2, 0.25) is 0 Å². The molecule has 4 atom stereocenters. The number of halogens is 3. The Bertz CT molecular complexity index is 1920. The minimum atomic E-state index is -0.931. The van der Waals surface area contributed by atoms with Crippen molar-refractivity contribution >= 4 is 27.5 Å². The lowest BCUT2D eigenvalue weighted by Crippen LogP contribution is -2.56. The molecule has 4 aliphatic rings. The molecule has 2 aromatic carbocycles. The lowest BCUT2D eigenvalue weighted by Gasteiger charge is -2.38. The van der Waals surface area contributed by atoms with Gasteiger partial charge in [0.05, 0.1) is 17.1 Å². The van der Waals surface area contributed by atoms with Crippen molar-refractivity contribution < 1.29 is 27.8 Å². The summed E-state index contributed by atoms with van der Waals surface area (Å²) >= 11 is 0. The zero-order valence-electron chi connectivity index (χ0n) is 24.6. The van der Waals surface area contributed by atoms with Crippen LogP contribution < -0.4 is 19.7 Å². The highest BCUT2D eigenvalue weighted by Crippen LogP contribution is 2.45. The van der Waals surface area contributed by atoms with Crippen LogP contribution >= 0.6 is 0 Å². The van der Waals surface area contributed by atoms with Gasteiger partial charge in [0.25, 0.3) is 0 Å². The Labute approximate surface area is 257 Å². The molecular weight excluding hydrogens is 585 g/mol. The molecule has 0 radical (unpaired) electrons. The van der Waals surface area contributed by atoms with Crippen molar-refractivity contribution in [1.82, 2.24) is 25.2 Å². The monoisotopic (exact) mass is 616 g/mol. The maximum Gasteiger partial charge on any atom is 0.319 e. The van der Waals surface area contributed by atoms with Gasteiger partial charge >= 0.3 is 6.01 Å². The highest BCUT2D eigenvalue weighted by Gasteiger charge is 2.49. The minimum Gasteiger partial charge on any atom is -0.508 e. The molecule has 6 heterocycles. The molecule has 0 bridgehead atoms. The molecule has 0 amide bonds. The Hall–Kier alpha value is -4.34. The van der Waals surface area contributed by atoms with Gasteiger partial charge in [-0.05, 0) is 49.9 Å². The molecule has 2 aromatic heterocycles. The SMILES string of the molecule is C#Cc1c(F)ccc2cc(O)cc(-c3nc4c5c(nc(OC[C@@]67CCCN6C[C@H](F)C7)nc5c3F)N3CCNC[C@H]3[C@H](C)O4)c12. The van der Waals surface area contributed by atoms with E-state index in [-0.39, 0.29) is 69.5 Å². The quantitative estimate of drug-likeness (QED) is 0.325. The Morgan fingerprint density at radius 1 is 1.20 bits per heavy atom. The largest absolute Gasteiger partial charge is 0.508 e. The molecule has 45 heavy (non-hydrogen) atoms. The Balaban J connectivity index is 1.35. The van der Waals surface area contributed by atoms with Crippen LogP contribution in [0.15, 0.2) is 24.3 Å². The zero-order chi connectivity index (χ0) is 31.0. The van der Waals surface area contributed by atoms with Gasteiger partial charge in [-0.3, -0.25) is 4.90 Å². The maximum atomic E-state index is 16.9. The van der Waals surface area contributed by atoms with Gasteiger partial charge in [-0.1, -0.05) is 12.0 Å². The number of terminal acetylenes is 1. The van der Waals surface area contributed by atoms with Crippen LogP contribution in [0, 0.1) is 24.0 Å². The first-order valence-corrected chi connectivity index (χ1v) is 15.3. The van der Waals surface area contributed by atoms with Gasteiger partial charge in [0.1, 0.15) is 52.9 Å². The molecule has 9 nitrogen and oxygen atoms in total. The number of anilines is 1. The van der Waals surface area contributed by atoms with Crippen molar-refractivity contribution in [2.24, 2.45) is 0 Å². The molecule has 0 unspecified atom stereocenters. The Morgan fingerprint density at radius 3 is 2.91 bits per heavy atom. The molecule has 4 aromatic rings. The maximum absolute atomic E-state index is 16.9. The number of phenolic OH excluding ortho intramolecular Hbond substituents is 1. The molecule has 0 spiro atoms. The average molecular weight is 617 g/mol. The molecule has 3 fully saturated rings. The van der Waals surface area contributed by atoms with E-state index >= 15 is 4.39 Å². The Kier molecular flexibility index (Phi) is 6.48. The second-order valence-corrected chi connectivity index (χ2v) is 12.4. The number of phenols is 1. The summed E-state index contributed by atoms with van der Waals surface area (Å²) in [6.45, 7) is 5.12. The van der Waals surface area contributed by atoms with Crippen LogP contribution in [0.25, 0.3) is 32.9 Å². The third-order valence-corrected chi connectivity index (χ3v) is 9.79. The highest BCUT2D eigenvalue weighted by molar-refractivity contribution is 6.04. The number of ether oxygens (including phenoxy) is 2. The second-order valence-electron chi connectivity index (χ2n) is 12.4. The lowest BCUT2D eigenvalue weighted by atomic mass is 9.95. The van der Waals surface area contributed by atoms with Crippen molar-refractivity contribution in [3.05, 3.63) is 41.5 Å². The number of nitrogens with one attached hydrogen (secondary N) is 1. The summed E-state index contributed by atoms with van der Waals surface area (Å²) in [5.41, 5.74) is -0.742. The summed E-state index contributed by atoms with van der Waals surface area (Å²) in [4.78, 5) is 18.2. The summed E-state index contributed by atoms with van der Waals surface area (Å²) in [5.74, 6) is 1.26. The van der Waals surface area contributed by atoms with Crippen molar-refractivity contribution in [2.45, 2.75) is 50.0 Å². The Morgan fingerprint density at radius 2 is 2.07 bits per heavy atom. The van der Waals surface area contributed by atoms with E-state index in [1.54, 1.807) is 0 Å². The number of aromatic hydroxyl groups is 1. The number of fused-ring (bicyclic) bond motifs is 4. The van der Waals surface area contributed by atoms with Gasteiger partial charge in [-0.2, -0.15) is 9.97 Å². The number of benzene rings is 2. The van der Waals surface area contributed by atoms with Crippen LogP contribution in [-0.2, 0) is 0 Å². The van der Waals surface area contributed by atoms with Crippen molar-refractivity contribution in [3.63, 3.8) is 0 Å². The number of hydrogen-bond acceptors (Lipinski definition) is 9. The molecule has 4 aliphatic heterocycles.